The third kappa shape index (κ3) is 16.3. The summed E-state index contributed by atoms with van der Waals surface area (Å²) in [5, 5.41) is 24.8. The average Bonchev–Trinajstić information content (AvgIpc) is 3.76. The van der Waals surface area contributed by atoms with E-state index in [9.17, 15) is 46.6 Å². The van der Waals surface area contributed by atoms with Crippen LogP contribution < -0.4 is 36.8 Å². The largest absolute Gasteiger partial charge is 0.483 e. The first-order chi connectivity index (χ1) is 35.2. The lowest BCUT2D eigenvalue weighted by atomic mass is 9.85. The maximum atomic E-state index is 14.7. The van der Waals surface area contributed by atoms with Crippen molar-refractivity contribution < 1.29 is 56.2 Å². The molecule has 2 unspecified atom stereocenters. The summed E-state index contributed by atoms with van der Waals surface area (Å²) in [6, 6.07) is 9.32. The number of carbonyl (C=O) groups is 5. The van der Waals surface area contributed by atoms with Gasteiger partial charge in [-0.15, -0.1) is 11.3 Å². The van der Waals surface area contributed by atoms with E-state index in [2.05, 4.69) is 37.0 Å². The van der Waals surface area contributed by atoms with Gasteiger partial charge in [-0.1, -0.05) is 58.6 Å². The number of aliphatic hydroxyl groups excluding tert-OH is 1. The Hall–Kier alpha value is -5.43. The van der Waals surface area contributed by atoms with Gasteiger partial charge in [0, 0.05) is 35.2 Å². The van der Waals surface area contributed by atoms with Crippen molar-refractivity contribution in [2.24, 2.45) is 5.41 Å². The Morgan fingerprint density at radius 2 is 1.64 bits per heavy atom. The zero-order valence-electron chi connectivity index (χ0n) is 41.9. The summed E-state index contributed by atoms with van der Waals surface area (Å²) in [5.74, 6) is -5.95. The van der Waals surface area contributed by atoms with E-state index < -0.39 is 76.0 Å². The summed E-state index contributed by atoms with van der Waals surface area (Å²) in [6.07, 6.45) is 5.41. The molecule has 74 heavy (non-hydrogen) atoms. The van der Waals surface area contributed by atoms with Crippen LogP contribution in [0.15, 0.2) is 54.0 Å². The maximum absolute atomic E-state index is 14.7. The van der Waals surface area contributed by atoms with E-state index in [1.165, 1.54) is 28.4 Å². The van der Waals surface area contributed by atoms with Crippen molar-refractivity contribution in [1.29, 1.82) is 0 Å². The van der Waals surface area contributed by atoms with Gasteiger partial charge in [0.05, 0.1) is 45.7 Å². The normalized spacial score (nSPS) is 16.3. The van der Waals surface area contributed by atoms with Gasteiger partial charge in [-0.25, -0.2) is 28.0 Å². The van der Waals surface area contributed by atoms with Crippen LogP contribution in [0.5, 0.6) is 5.75 Å². The first-order valence-corrected chi connectivity index (χ1v) is 26.7. The summed E-state index contributed by atoms with van der Waals surface area (Å²) in [7, 11) is 0. The molecule has 2 aliphatic rings. The molecule has 22 heteroatoms. The number of aliphatic hydroxyl groups is 1. The van der Waals surface area contributed by atoms with Gasteiger partial charge in [0.1, 0.15) is 23.7 Å². The Morgan fingerprint density at radius 3 is 2.32 bits per heavy atom. The molecule has 5 amide bonds. The molecule has 4 aromatic rings. The molecule has 2 fully saturated rings. The SMILES string of the molecule is Cc1ncsc1-c1ccc(CNC(=O)C2CC(O)CN2C(=O)[C@@H](NC(=O)C2(F)CC2)C(C)(C)C)c(OCC(=O)NCCCCCCCCNCCCONC(=O)c2ccc(F)c(F)c2Nc2ccc(I)cc2F)c1. The fourth-order valence-electron chi connectivity index (χ4n) is 8.23. The first kappa shape index (κ1) is 57.8. The molecule has 3 aromatic carbocycles. The number of halogens is 5. The van der Waals surface area contributed by atoms with E-state index in [1.807, 2.05) is 35.6 Å². The van der Waals surface area contributed by atoms with Crippen molar-refractivity contribution in [1.82, 2.24) is 36.6 Å². The van der Waals surface area contributed by atoms with Gasteiger partial charge in [0.2, 0.25) is 11.8 Å². The first-order valence-electron chi connectivity index (χ1n) is 24.8. The summed E-state index contributed by atoms with van der Waals surface area (Å²) in [4.78, 5) is 77.8. The molecule has 2 heterocycles. The number of β-amino-alcohol motifs (C(OH)–C–C–N with tert-alkyl or cyclic N) is 1. The van der Waals surface area contributed by atoms with Crippen molar-refractivity contribution >= 4 is 74.8 Å². The van der Waals surface area contributed by atoms with Crippen LogP contribution in [0.25, 0.3) is 10.4 Å². The molecule has 402 valence electrons. The Bertz CT molecular complexity index is 2620. The van der Waals surface area contributed by atoms with Gasteiger partial charge >= 0.3 is 0 Å². The van der Waals surface area contributed by atoms with Crippen LogP contribution >= 0.6 is 33.9 Å². The monoisotopic (exact) mass is 1160 g/mol. The quantitative estimate of drug-likeness (QED) is 0.0133. The Morgan fingerprint density at radius 1 is 0.919 bits per heavy atom. The molecular weight excluding hydrogens is 1100 g/mol. The second-order valence-electron chi connectivity index (χ2n) is 19.6. The second-order valence-corrected chi connectivity index (χ2v) is 21.7. The number of carbonyl (C=O) groups excluding carboxylic acids is 5. The predicted octanol–water partition coefficient (Wildman–Crippen LogP) is 7.67. The molecular formula is C52H65F4IN8O8S. The third-order valence-electron chi connectivity index (χ3n) is 12.6. The van der Waals surface area contributed by atoms with E-state index in [0.29, 0.717) is 34.4 Å². The number of rotatable bonds is 27. The van der Waals surface area contributed by atoms with E-state index in [-0.39, 0.29) is 62.7 Å². The van der Waals surface area contributed by atoms with Crippen molar-refractivity contribution in [3.8, 4) is 16.2 Å². The Labute approximate surface area is 446 Å². The van der Waals surface area contributed by atoms with E-state index >= 15 is 0 Å². The minimum absolute atomic E-state index is 0.0186. The van der Waals surface area contributed by atoms with Crippen LogP contribution in [0.4, 0.5) is 28.9 Å². The van der Waals surface area contributed by atoms with Crippen molar-refractivity contribution in [3.05, 3.63) is 91.9 Å². The highest BCUT2D eigenvalue weighted by atomic mass is 127. The number of aromatic nitrogens is 1. The summed E-state index contributed by atoms with van der Waals surface area (Å²) in [6.45, 7) is 8.72. The molecule has 16 nitrogen and oxygen atoms in total. The molecule has 3 atom stereocenters. The lowest BCUT2D eigenvalue weighted by molar-refractivity contribution is -0.145. The van der Waals surface area contributed by atoms with Gasteiger partial charge in [-0.05, 0) is 122 Å². The van der Waals surface area contributed by atoms with Crippen molar-refractivity contribution in [3.63, 3.8) is 0 Å². The van der Waals surface area contributed by atoms with Gasteiger partial charge in [0.25, 0.3) is 17.7 Å². The number of nitrogens with one attached hydrogen (secondary N) is 6. The average molecular weight is 1170 g/mol. The molecule has 1 saturated carbocycles. The molecule has 1 aromatic heterocycles. The highest BCUT2D eigenvalue weighted by Crippen LogP contribution is 2.41. The number of hydrogen-bond donors (Lipinski definition) is 7. The number of likely N-dealkylation sites (tertiary alicyclic amines) is 1. The number of amides is 5. The minimum atomic E-state index is -2.00. The van der Waals surface area contributed by atoms with Crippen LogP contribution in [0.2, 0.25) is 0 Å². The van der Waals surface area contributed by atoms with Gasteiger partial charge in [0.15, 0.2) is 23.9 Å². The van der Waals surface area contributed by atoms with E-state index in [4.69, 9.17) is 9.57 Å². The topological polar surface area (TPSA) is 212 Å². The number of unbranched alkanes of at least 4 members (excludes halogenated alkanes) is 5. The third-order valence-corrected chi connectivity index (χ3v) is 14.3. The molecule has 0 spiro atoms. The lowest BCUT2D eigenvalue weighted by Gasteiger charge is -2.35. The van der Waals surface area contributed by atoms with E-state index in [1.54, 1.807) is 44.5 Å². The molecule has 6 rings (SSSR count). The minimum Gasteiger partial charge on any atom is -0.483 e. The number of anilines is 2. The van der Waals surface area contributed by atoms with E-state index in [0.717, 1.165) is 73.3 Å². The summed E-state index contributed by atoms with van der Waals surface area (Å²) in [5.41, 5.74) is 2.47. The zero-order chi connectivity index (χ0) is 53.6. The second kappa shape index (κ2) is 26.9. The lowest BCUT2D eigenvalue weighted by Crippen LogP contribution is -2.59. The van der Waals surface area contributed by atoms with Crippen LogP contribution in [-0.2, 0) is 30.6 Å². The smallest absolute Gasteiger partial charge is 0.277 e. The highest BCUT2D eigenvalue weighted by Gasteiger charge is 2.53. The number of hydroxylamine groups is 1. The molecule has 1 aliphatic carbocycles. The van der Waals surface area contributed by atoms with Gasteiger partial charge in [-0.3, -0.25) is 28.8 Å². The molecule has 1 aliphatic heterocycles. The van der Waals surface area contributed by atoms with Crippen LogP contribution in [0.1, 0.15) is 107 Å². The van der Waals surface area contributed by atoms with Crippen LogP contribution in [0.3, 0.4) is 0 Å². The Kier molecular flexibility index (Phi) is 21.0. The fraction of sp³-hybridized carbons (Fsp3) is 0.500. The number of hydrogen-bond acceptors (Lipinski definition) is 12. The van der Waals surface area contributed by atoms with Crippen molar-refractivity contribution in [2.75, 3.05) is 44.7 Å². The van der Waals surface area contributed by atoms with Crippen molar-refractivity contribution in [2.45, 2.75) is 122 Å². The number of ether oxygens (including phenoxy) is 1. The van der Waals surface area contributed by atoms with Gasteiger partial charge in [-0.2, -0.15) is 0 Å². The highest BCUT2D eigenvalue weighted by molar-refractivity contribution is 14.1. The summed E-state index contributed by atoms with van der Waals surface area (Å²) < 4.78 is 64.4. The zero-order valence-corrected chi connectivity index (χ0v) is 44.9. The standard InChI is InChI=1S/C52H65F4IN8O8S/c1-31-45(74-30-61-31)32-12-13-33(27-60-48(69)40-26-35(66)28-65(40)49(70)46(51(2,3)4)63-50(71)52(56)18-19-52)41(24-32)72-29-42(67)59-22-10-8-6-5-7-9-20-58-21-11-23-73-64-47(68)36-15-16-37(53)43(55)44(36)62-39-17-14-34(57)25-38(39)54/h12-17,24-25,30,35,40,46,58,62,66H,5-11,18-23,26-29H2,1-4H3,(H,59,67)(H,60,69)(H,63,71)(H,64,68)/t35?,40?,46-/m1/s1. The number of thiazole rings is 1. The molecule has 0 radical (unpaired) electrons. The predicted molar refractivity (Wildman–Crippen MR) is 281 cm³/mol. The van der Waals surface area contributed by atoms with Gasteiger partial charge < -0.3 is 41.3 Å². The summed E-state index contributed by atoms with van der Waals surface area (Å²) >= 11 is 3.37. The fourth-order valence-corrected chi connectivity index (χ4v) is 9.49. The number of aryl methyl sites for hydroxylation is 1. The molecule has 0 bridgehead atoms. The number of alkyl halides is 1. The molecule has 7 N–H and O–H groups in total. The molecule has 1 saturated heterocycles. The van der Waals surface area contributed by atoms with Crippen LogP contribution in [-0.4, -0.2) is 108 Å². The Balaban J connectivity index is 0.860. The maximum Gasteiger partial charge on any atom is 0.277 e. The number of nitrogens with zero attached hydrogens (tertiary/aromatic N) is 2. The van der Waals surface area contributed by atoms with Crippen LogP contribution in [0, 0.1) is 33.4 Å². The number of benzene rings is 3.